The highest BCUT2D eigenvalue weighted by Crippen LogP contribution is 2.40. The van der Waals surface area contributed by atoms with Crippen molar-refractivity contribution in [1.29, 1.82) is 0 Å². The molecule has 10 nitrogen and oxygen atoms in total. The Hall–Kier alpha value is -5.25. The number of ketones is 2. The van der Waals surface area contributed by atoms with Crippen LogP contribution in [0.2, 0.25) is 0 Å². The third-order valence-electron chi connectivity index (χ3n) is 6.55. The Labute approximate surface area is 228 Å². The van der Waals surface area contributed by atoms with Crippen LogP contribution < -0.4 is 0 Å². The van der Waals surface area contributed by atoms with Gasteiger partial charge in [0.05, 0.1) is 30.0 Å². The Morgan fingerprint density at radius 2 is 1.50 bits per heavy atom. The fourth-order valence-corrected chi connectivity index (χ4v) is 4.80. The molecule has 1 aliphatic rings. The van der Waals surface area contributed by atoms with Gasteiger partial charge in [-0.05, 0) is 50.6 Å². The minimum atomic E-state index is -0.865. The van der Waals surface area contributed by atoms with Gasteiger partial charge in [-0.2, -0.15) is 5.10 Å². The van der Waals surface area contributed by atoms with Crippen LogP contribution in [0.4, 0.5) is 0 Å². The number of benzene rings is 3. The van der Waals surface area contributed by atoms with Crippen molar-refractivity contribution in [2.75, 3.05) is 13.2 Å². The molecule has 2 N–H and O–H groups in total. The number of nitrogens with zero attached hydrogens (tertiary/aromatic N) is 2. The van der Waals surface area contributed by atoms with E-state index in [1.54, 1.807) is 45.0 Å². The van der Waals surface area contributed by atoms with Gasteiger partial charge < -0.3 is 19.7 Å². The number of aromatic nitrogens is 2. The molecule has 1 aromatic heterocycles. The average molecular weight is 541 g/mol. The summed E-state index contributed by atoms with van der Waals surface area (Å²) in [7, 11) is 0. The zero-order chi connectivity index (χ0) is 28.7. The lowest BCUT2D eigenvalue weighted by atomic mass is 9.82. The van der Waals surface area contributed by atoms with Crippen LogP contribution in [-0.4, -0.2) is 56.7 Å². The Balaban J connectivity index is 1.81. The van der Waals surface area contributed by atoms with E-state index >= 15 is 0 Å². The summed E-state index contributed by atoms with van der Waals surface area (Å²) in [5, 5.41) is 25.8. The molecule has 0 amide bonds. The summed E-state index contributed by atoms with van der Waals surface area (Å²) in [6, 6.07) is 13.7. The molecule has 0 spiro atoms. The number of aryl methyl sites for hydroxylation is 1. The second-order valence-corrected chi connectivity index (χ2v) is 8.99. The van der Waals surface area contributed by atoms with Crippen LogP contribution in [0.3, 0.4) is 0 Å². The number of hydrogen-bond donors (Lipinski definition) is 2. The van der Waals surface area contributed by atoms with Gasteiger partial charge in [0.2, 0.25) is 5.78 Å². The van der Waals surface area contributed by atoms with E-state index < -0.39 is 29.3 Å². The van der Waals surface area contributed by atoms with Gasteiger partial charge in [0.15, 0.2) is 11.5 Å². The SMILES string of the molecule is CCOC(=O)c1c(-c2cc(O)c3c(c2)C(=O)c2cccc(O)c2C3=O)nn(-c2ccccc2C)c1C(=O)OCC. The predicted molar refractivity (Wildman–Crippen MR) is 142 cm³/mol. The number of phenolic OH excluding ortho intramolecular Hbond substituents is 2. The molecule has 1 aliphatic carbocycles. The topological polar surface area (TPSA) is 145 Å². The molecule has 0 aliphatic heterocycles. The van der Waals surface area contributed by atoms with Crippen LogP contribution in [0.5, 0.6) is 11.5 Å². The molecule has 0 fully saturated rings. The zero-order valence-electron chi connectivity index (χ0n) is 21.8. The van der Waals surface area contributed by atoms with Crippen LogP contribution in [0.1, 0.15) is 72.1 Å². The molecule has 3 aromatic carbocycles. The summed E-state index contributed by atoms with van der Waals surface area (Å²) >= 11 is 0. The Kier molecular flexibility index (Phi) is 6.68. The Morgan fingerprint density at radius 3 is 2.20 bits per heavy atom. The minimum Gasteiger partial charge on any atom is -0.507 e. The molecule has 40 heavy (non-hydrogen) atoms. The lowest BCUT2D eigenvalue weighted by Gasteiger charge is -2.20. The third-order valence-corrected chi connectivity index (χ3v) is 6.55. The highest BCUT2D eigenvalue weighted by molar-refractivity contribution is 6.30. The van der Waals surface area contributed by atoms with Crippen molar-refractivity contribution >= 4 is 23.5 Å². The van der Waals surface area contributed by atoms with Crippen LogP contribution in [0, 0.1) is 6.92 Å². The fourth-order valence-electron chi connectivity index (χ4n) is 4.80. The predicted octanol–water partition coefficient (Wildman–Crippen LogP) is 4.39. The molecule has 0 saturated carbocycles. The van der Waals surface area contributed by atoms with Gasteiger partial charge in [0.25, 0.3) is 0 Å². The summed E-state index contributed by atoms with van der Waals surface area (Å²) in [5.74, 6) is -3.97. The lowest BCUT2D eigenvalue weighted by Crippen LogP contribution is -2.21. The van der Waals surface area contributed by atoms with Crippen LogP contribution in [-0.2, 0) is 9.47 Å². The van der Waals surface area contributed by atoms with Gasteiger partial charge in [-0.15, -0.1) is 0 Å². The molecule has 0 atom stereocenters. The van der Waals surface area contributed by atoms with E-state index in [1.807, 2.05) is 0 Å². The number of para-hydroxylation sites is 1. The molecule has 0 radical (unpaired) electrons. The van der Waals surface area contributed by atoms with Crippen molar-refractivity contribution in [2.45, 2.75) is 20.8 Å². The summed E-state index contributed by atoms with van der Waals surface area (Å²) in [4.78, 5) is 53.2. The van der Waals surface area contributed by atoms with Crippen LogP contribution in [0.25, 0.3) is 16.9 Å². The molecule has 0 bridgehead atoms. The first-order valence-corrected chi connectivity index (χ1v) is 12.5. The molecule has 0 saturated heterocycles. The molecule has 202 valence electrons. The number of fused-ring (bicyclic) bond motifs is 2. The van der Waals surface area contributed by atoms with Gasteiger partial charge in [-0.1, -0.05) is 30.3 Å². The van der Waals surface area contributed by atoms with Crippen molar-refractivity contribution < 1.29 is 38.9 Å². The molecule has 4 aromatic rings. The third kappa shape index (κ3) is 4.10. The van der Waals surface area contributed by atoms with E-state index in [1.165, 1.54) is 35.0 Å². The quantitative estimate of drug-likeness (QED) is 0.300. The average Bonchev–Trinajstić information content (AvgIpc) is 3.32. The number of ether oxygens (including phenoxy) is 2. The molecular formula is C30H24N2O8. The van der Waals surface area contributed by atoms with E-state index in [0.717, 1.165) is 5.56 Å². The summed E-state index contributed by atoms with van der Waals surface area (Å²) < 4.78 is 11.8. The minimum absolute atomic E-state index is 0.00120. The maximum atomic E-state index is 13.4. The van der Waals surface area contributed by atoms with E-state index in [4.69, 9.17) is 9.47 Å². The van der Waals surface area contributed by atoms with Gasteiger partial charge >= 0.3 is 11.9 Å². The number of carbonyl (C=O) groups is 4. The van der Waals surface area contributed by atoms with Crippen molar-refractivity contribution in [2.24, 2.45) is 0 Å². The van der Waals surface area contributed by atoms with Crippen molar-refractivity contribution in [1.82, 2.24) is 9.78 Å². The Morgan fingerprint density at radius 1 is 0.825 bits per heavy atom. The fraction of sp³-hybridized carbons (Fsp3) is 0.167. The van der Waals surface area contributed by atoms with E-state index in [2.05, 4.69) is 5.10 Å². The first-order valence-electron chi connectivity index (χ1n) is 12.5. The summed E-state index contributed by atoms with van der Waals surface area (Å²) in [5.41, 5.74) is 0.159. The zero-order valence-corrected chi connectivity index (χ0v) is 21.8. The summed E-state index contributed by atoms with van der Waals surface area (Å²) in [6.45, 7) is 5.06. The monoisotopic (exact) mass is 540 g/mol. The van der Waals surface area contributed by atoms with Crippen molar-refractivity contribution in [3.63, 3.8) is 0 Å². The van der Waals surface area contributed by atoms with E-state index in [-0.39, 0.29) is 63.7 Å². The van der Waals surface area contributed by atoms with Crippen LogP contribution >= 0.6 is 0 Å². The number of aromatic hydroxyl groups is 2. The molecule has 0 unspecified atom stereocenters. The molecular weight excluding hydrogens is 516 g/mol. The lowest BCUT2D eigenvalue weighted by molar-refractivity contribution is 0.0473. The number of hydrogen-bond acceptors (Lipinski definition) is 9. The maximum Gasteiger partial charge on any atom is 0.357 e. The molecule has 1 heterocycles. The Bertz CT molecular complexity index is 1730. The number of phenols is 2. The van der Waals surface area contributed by atoms with Crippen molar-refractivity contribution in [3.05, 3.63) is 93.7 Å². The highest BCUT2D eigenvalue weighted by Gasteiger charge is 2.37. The molecule has 5 rings (SSSR count). The van der Waals surface area contributed by atoms with Gasteiger partial charge in [-0.3, -0.25) is 9.59 Å². The summed E-state index contributed by atoms with van der Waals surface area (Å²) in [6.07, 6.45) is 0. The van der Waals surface area contributed by atoms with Crippen molar-refractivity contribution in [3.8, 4) is 28.4 Å². The first kappa shape index (κ1) is 26.4. The largest absolute Gasteiger partial charge is 0.507 e. The van der Waals surface area contributed by atoms with E-state index in [9.17, 15) is 29.4 Å². The second kappa shape index (κ2) is 10.1. The number of rotatable bonds is 6. The van der Waals surface area contributed by atoms with E-state index in [0.29, 0.717) is 5.69 Å². The number of esters is 2. The maximum absolute atomic E-state index is 13.4. The van der Waals surface area contributed by atoms with Crippen LogP contribution in [0.15, 0.2) is 54.6 Å². The van der Waals surface area contributed by atoms with Gasteiger partial charge in [-0.25, -0.2) is 14.3 Å². The highest BCUT2D eigenvalue weighted by atomic mass is 16.5. The number of carbonyl (C=O) groups excluding carboxylic acids is 4. The normalized spacial score (nSPS) is 12.1. The van der Waals surface area contributed by atoms with Gasteiger partial charge in [0.1, 0.15) is 22.8 Å². The second-order valence-electron chi connectivity index (χ2n) is 8.99. The standard InChI is InChI=1S/C30H24N2O8/c1-4-39-29(37)24-25(31-32(26(24)30(38)40-5-2)19-11-7-6-9-15(19)3)16-13-18-23(21(34)14-16)28(36)22-17(27(18)35)10-8-12-20(22)33/h6-14,33-34H,4-5H2,1-3H3. The smallest absolute Gasteiger partial charge is 0.357 e. The first-order chi connectivity index (χ1) is 19.2. The van der Waals surface area contributed by atoms with Gasteiger partial charge in [0, 0.05) is 16.7 Å². The molecule has 10 heteroatoms.